The Bertz CT molecular complexity index is 945. The number of hydrogen-bond donors (Lipinski definition) is 1. The molecular weight excluding hydrogens is 430 g/mol. The highest BCUT2D eigenvalue weighted by molar-refractivity contribution is 5.97. The zero-order valence-electron chi connectivity index (χ0n) is 18.3. The van der Waals surface area contributed by atoms with Crippen molar-refractivity contribution in [2.75, 3.05) is 56.7 Å². The Kier molecular flexibility index (Phi) is 8.36. The van der Waals surface area contributed by atoms with E-state index in [1.807, 2.05) is 24.3 Å². The van der Waals surface area contributed by atoms with Crippen LogP contribution in [0.3, 0.4) is 0 Å². The number of fused-ring (bicyclic) bond motifs is 1. The molecule has 1 saturated heterocycles. The molecule has 1 N–H and O–H groups in total. The predicted octanol–water partition coefficient (Wildman–Crippen LogP) is 3.37. The van der Waals surface area contributed by atoms with Gasteiger partial charge < -0.3 is 19.7 Å². The molecule has 2 aliphatic rings. The number of esters is 1. The average molecular weight is 460 g/mol. The van der Waals surface area contributed by atoms with Gasteiger partial charge in [-0.3, -0.25) is 9.69 Å². The van der Waals surface area contributed by atoms with Crippen molar-refractivity contribution in [3.05, 3.63) is 53.6 Å². The van der Waals surface area contributed by atoms with E-state index in [9.17, 15) is 9.59 Å². The number of rotatable bonds is 7. The number of nitrogens with one attached hydrogen (secondary N) is 1. The quantitative estimate of drug-likeness (QED) is 0.505. The summed E-state index contributed by atoms with van der Waals surface area (Å²) in [6.07, 6.45) is 1.99. The van der Waals surface area contributed by atoms with Gasteiger partial charge in [0.15, 0.2) is 0 Å². The number of carbonyl (C=O) groups excluding carboxylic acids is 2. The second-order valence-corrected chi connectivity index (χ2v) is 7.91. The maximum absolute atomic E-state index is 12.4. The smallest absolute Gasteiger partial charge is 0.338 e. The number of benzene rings is 2. The summed E-state index contributed by atoms with van der Waals surface area (Å²) in [5, 5.41) is 2.82. The van der Waals surface area contributed by atoms with Crippen molar-refractivity contribution in [1.82, 2.24) is 4.90 Å². The molecular formula is C24H30ClN3O4. The van der Waals surface area contributed by atoms with Gasteiger partial charge in [0, 0.05) is 44.8 Å². The summed E-state index contributed by atoms with van der Waals surface area (Å²) in [6, 6.07) is 13.5. The van der Waals surface area contributed by atoms with Gasteiger partial charge in [0.05, 0.1) is 25.0 Å². The van der Waals surface area contributed by atoms with Gasteiger partial charge in [-0.15, -0.1) is 12.4 Å². The van der Waals surface area contributed by atoms with Crippen molar-refractivity contribution >= 4 is 35.7 Å². The lowest BCUT2D eigenvalue weighted by atomic mass is 10.0. The number of nitrogens with zero attached hydrogens (tertiary/aromatic N) is 2. The molecule has 4 rings (SSSR count). The first-order chi connectivity index (χ1) is 15.1. The fourth-order valence-corrected chi connectivity index (χ4v) is 4.14. The van der Waals surface area contributed by atoms with Crippen LogP contribution in [0.2, 0.25) is 0 Å². The van der Waals surface area contributed by atoms with Crippen LogP contribution < -0.4 is 15.0 Å². The van der Waals surface area contributed by atoms with E-state index in [1.54, 1.807) is 19.2 Å². The van der Waals surface area contributed by atoms with Gasteiger partial charge in [-0.05, 0) is 42.7 Å². The number of para-hydroxylation sites is 2. The average Bonchev–Trinajstić information content (AvgIpc) is 2.81. The molecule has 2 aromatic carbocycles. The van der Waals surface area contributed by atoms with E-state index in [-0.39, 0.29) is 24.3 Å². The number of aryl methyl sites for hydroxylation is 1. The van der Waals surface area contributed by atoms with Gasteiger partial charge >= 0.3 is 5.97 Å². The second kappa shape index (κ2) is 11.2. The van der Waals surface area contributed by atoms with E-state index in [0.29, 0.717) is 25.0 Å². The Morgan fingerprint density at radius 2 is 1.84 bits per heavy atom. The lowest BCUT2D eigenvalue weighted by Crippen LogP contribution is -2.46. The molecule has 7 nitrogen and oxygen atoms in total. The molecule has 0 radical (unpaired) electrons. The summed E-state index contributed by atoms with van der Waals surface area (Å²) in [7, 11) is 1.70. The van der Waals surface area contributed by atoms with Crippen molar-refractivity contribution in [3.63, 3.8) is 0 Å². The maximum atomic E-state index is 12.4. The Hall–Kier alpha value is -2.77. The highest BCUT2D eigenvalue weighted by Crippen LogP contribution is 2.28. The molecule has 0 saturated carbocycles. The molecule has 32 heavy (non-hydrogen) atoms. The minimum absolute atomic E-state index is 0. The molecule has 0 aromatic heterocycles. The van der Waals surface area contributed by atoms with E-state index in [2.05, 4.69) is 21.2 Å². The van der Waals surface area contributed by atoms with Crippen LogP contribution >= 0.6 is 12.4 Å². The third-order valence-corrected chi connectivity index (χ3v) is 5.89. The molecule has 0 aliphatic carbocycles. The highest BCUT2D eigenvalue weighted by atomic mass is 35.5. The van der Waals surface area contributed by atoms with Crippen LogP contribution in [-0.4, -0.2) is 63.2 Å². The summed E-state index contributed by atoms with van der Waals surface area (Å²) in [5.74, 6) is 0.553. The second-order valence-electron chi connectivity index (χ2n) is 7.91. The topological polar surface area (TPSA) is 71.1 Å². The van der Waals surface area contributed by atoms with Crippen LogP contribution in [0.15, 0.2) is 42.5 Å². The standard InChI is InChI=1S/C24H29N3O4.ClH/c1-30-22-6-3-2-5-21(22)27-14-12-26(13-15-27)11-4-16-31-24(29)19-8-7-18-9-10-23(28)25-20(18)17-19;/h2-3,5-8,17H,4,9-16H2,1H3,(H,25,28);1H. The van der Waals surface area contributed by atoms with Crippen molar-refractivity contribution in [2.45, 2.75) is 19.3 Å². The van der Waals surface area contributed by atoms with Gasteiger partial charge in [-0.1, -0.05) is 18.2 Å². The fraction of sp³-hybridized carbons (Fsp3) is 0.417. The number of anilines is 2. The lowest BCUT2D eigenvalue weighted by Gasteiger charge is -2.36. The first kappa shape index (κ1) is 23.9. The maximum Gasteiger partial charge on any atom is 0.338 e. The van der Waals surface area contributed by atoms with Gasteiger partial charge in [-0.25, -0.2) is 4.79 Å². The largest absolute Gasteiger partial charge is 0.495 e. The van der Waals surface area contributed by atoms with E-state index in [0.717, 1.165) is 61.8 Å². The number of hydrogen-bond acceptors (Lipinski definition) is 6. The van der Waals surface area contributed by atoms with Crippen molar-refractivity contribution < 1.29 is 19.1 Å². The molecule has 1 amide bonds. The van der Waals surface area contributed by atoms with Gasteiger partial charge in [-0.2, -0.15) is 0 Å². The summed E-state index contributed by atoms with van der Waals surface area (Å²) in [5.41, 5.74) is 3.40. The Balaban J connectivity index is 0.00000289. The van der Waals surface area contributed by atoms with Crippen LogP contribution in [-0.2, 0) is 16.0 Å². The minimum Gasteiger partial charge on any atom is -0.495 e. The molecule has 0 bridgehead atoms. The molecule has 1 fully saturated rings. The van der Waals surface area contributed by atoms with Crippen molar-refractivity contribution in [1.29, 1.82) is 0 Å². The first-order valence-corrected chi connectivity index (χ1v) is 10.8. The molecule has 172 valence electrons. The minimum atomic E-state index is -0.344. The lowest BCUT2D eigenvalue weighted by molar-refractivity contribution is -0.116. The normalized spacial score (nSPS) is 15.9. The fourth-order valence-electron chi connectivity index (χ4n) is 4.14. The number of ether oxygens (including phenoxy) is 2. The molecule has 0 spiro atoms. The predicted molar refractivity (Wildman–Crippen MR) is 127 cm³/mol. The number of piperazine rings is 1. The Morgan fingerprint density at radius 1 is 1.06 bits per heavy atom. The molecule has 2 aliphatic heterocycles. The van der Waals surface area contributed by atoms with E-state index >= 15 is 0 Å². The van der Waals surface area contributed by atoms with Crippen molar-refractivity contribution in [3.8, 4) is 5.75 Å². The zero-order valence-corrected chi connectivity index (χ0v) is 19.2. The van der Waals surface area contributed by atoms with Crippen LogP contribution in [0.4, 0.5) is 11.4 Å². The van der Waals surface area contributed by atoms with Crippen LogP contribution in [0, 0.1) is 0 Å². The SMILES string of the molecule is COc1ccccc1N1CCN(CCCOC(=O)c2ccc3c(c2)NC(=O)CC3)CC1.Cl. The molecule has 2 aromatic rings. The van der Waals surface area contributed by atoms with Crippen LogP contribution in [0.25, 0.3) is 0 Å². The zero-order chi connectivity index (χ0) is 21.6. The number of halogens is 1. The van der Waals surface area contributed by atoms with Gasteiger partial charge in [0.2, 0.25) is 5.91 Å². The third-order valence-electron chi connectivity index (χ3n) is 5.89. The van der Waals surface area contributed by atoms with Crippen LogP contribution in [0.1, 0.15) is 28.8 Å². The molecule has 0 unspecified atom stereocenters. The molecule has 0 atom stereocenters. The van der Waals surface area contributed by atoms with E-state index in [1.165, 1.54) is 0 Å². The van der Waals surface area contributed by atoms with Gasteiger partial charge in [0.25, 0.3) is 0 Å². The molecule has 2 heterocycles. The number of carbonyl (C=O) groups is 2. The van der Waals surface area contributed by atoms with Gasteiger partial charge in [0.1, 0.15) is 5.75 Å². The highest BCUT2D eigenvalue weighted by Gasteiger charge is 2.20. The van der Waals surface area contributed by atoms with Crippen molar-refractivity contribution in [2.24, 2.45) is 0 Å². The van der Waals surface area contributed by atoms with E-state index in [4.69, 9.17) is 9.47 Å². The summed E-state index contributed by atoms with van der Waals surface area (Å²) < 4.78 is 10.9. The summed E-state index contributed by atoms with van der Waals surface area (Å²) >= 11 is 0. The monoisotopic (exact) mass is 459 g/mol. The third kappa shape index (κ3) is 5.72. The summed E-state index contributed by atoms with van der Waals surface area (Å²) in [4.78, 5) is 28.7. The van der Waals surface area contributed by atoms with Crippen LogP contribution in [0.5, 0.6) is 5.75 Å². The van der Waals surface area contributed by atoms with E-state index < -0.39 is 0 Å². The summed E-state index contributed by atoms with van der Waals surface area (Å²) in [6.45, 7) is 5.11. The Morgan fingerprint density at radius 3 is 2.62 bits per heavy atom. The number of methoxy groups -OCH3 is 1. The first-order valence-electron chi connectivity index (χ1n) is 10.8. The Labute approximate surface area is 195 Å². The number of amides is 1. The molecule has 8 heteroatoms.